The van der Waals surface area contributed by atoms with Crippen molar-refractivity contribution in [1.29, 1.82) is 0 Å². The molecule has 2 aromatic rings. The van der Waals surface area contributed by atoms with Crippen molar-refractivity contribution in [2.45, 2.75) is 51.1 Å². The van der Waals surface area contributed by atoms with Crippen molar-refractivity contribution >= 4 is 11.6 Å². The van der Waals surface area contributed by atoms with Gasteiger partial charge in [-0.2, -0.15) is 0 Å². The lowest BCUT2D eigenvalue weighted by atomic mass is 9.83. The molecule has 2 N–H and O–H groups in total. The molecule has 1 aliphatic heterocycles. The third-order valence-corrected chi connectivity index (χ3v) is 6.64. The standard InChI is InChI=1S/C24H32N4O/c1-24(2)21-7-5-4-6-18(21)14-22(24)27-19-8-9-20(26-15-19)16-28(3)23(29)17-10-12-25-13-11-17/h4-9,15,17,22,25,27H,10-14,16H2,1-3H3. The summed E-state index contributed by atoms with van der Waals surface area (Å²) in [6.07, 6.45) is 4.79. The number of amides is 1. The molecule has 1 aromatic heterocycles. The van der Waals surface area contributed by atoms with Gasteiger partial charge in [-0.1, -0.05) is 38.1 Å². The summed E-state index contributed by atoms with van der Waals surface area (Å²) >= 11 is 0. The van der Waals surface area contributed by atoms with E-state index in [0.29, 0.717) is 12.6 Å². The molecule has 1 aromatic carbocycles. The quantitative estimate of drug-likeness (QED) is 0.819. The van der Waals surface area contributed by atoms with Gasteiger partial charge in [0.25, 0.3) is 0 Å². The lowest BCUT2D eigenvalue weighted by Gasteiger charge is -2.30. The highest BCUT2D eigenvalue weighted by atomic mass is 16.2. The number of rotatable bonds is 5. The van der Waals surface area contributed by atoms with E-state index in [1.165, 1.54) is 11.1 Å². The summed E-state index contributed by atoms with van der Waals surface area (Å²) in [6, 6.07) is 13.2. The first-order valence-corrected chi connectivity index (χ1v) is 10.7. The molecule has 0 radical (unpaired) electrons. The van der Waals surface area contributed by atoms with Crippen LogP contribution in [0.15, 0.2) is 42.6 Å². The summed E-state index contributed by atoms with van der Waals surface area (Å²) in [7, 11) is 1.89. The fourth-order valence-electron chi connectivity index (χ4n) is 4.73. The Kier molecular flexibility index (Phi) is 5.59. The second kappa shape index (κ2) is 8.15. The summed E-state index contributed by atoms with van der Waals surface area (Å²) in [4.78, 5) is 19.1. The van der Waals surface area contributed by atoms with Crippen LogP contribution in [0.25, 0.3) is 0 Å². The van der Waals surface area contributed by atoms with Gasteiger partial charge in [0.2, 0.25) is 5.91 Å². The van der Waals surface area contributed by atoms with Crippen molar-refractivity contribution in [3.8, 4) is 0 Å². The van der Waals surface area contributed by atoms with Crippen LogP contribution in [0.4, 0.5) is 5.69 Å². The van der Waals surface area contributed by atoms with Gasteiger partial charge < -0.3 is 15.5 Å². The molecule has 4 rings (SSSR count). The Morgan fingerprint density at radius 2 is 1.97 bits per heavy atom. The van der Waals surface area contributed by atoms with Crippen molar-refractivity contribution in [3.05, 3.63) is 59.4 Å². The Bertz CT molecular complexity index is 855. The van der Waals surface area contributed by atoms with Crippen LogP contribution in [0.2, 0.25) is 0 Å². The Balaban J connectivity index is 1.37. The van der Waals surface area contributed by atoms with E-state index in [1.807, 2.05) is 24.2 Å². The number of carbonyl (C=O) groups excluding carboxylic acids is 1. The highest BCUT2D eigenvalue weighted by molar-refractivity contribution is 5.78. The molecule has 2 heterocycles. The van der Waals surface area contributed by atoms with E-state index >= 15 is 0 Å². The molecule has 1 saturated heterocycles. The van der Waals surface area contributed by atoms with Crippen molar-refractivity contribution in [1.82, 2.24) is 15.2 Å². The fraction of sp³-hybridized carbons (Fsp3) is 0.500. The smallest absolute Gasteiger partial charge is 0.225 e. The van der Waals surface area contributed by atoms with Gasteiger partial charge in [-0.15, -0.1) is 0 Å². The minimum absolute atomic E-state index is 0.0801. The monoisotopic (exact) mass is 392 g/mol. The zero-order valence-electron chi connectivity index (χ0n) is 17.7. The number of hydrogen-bond donors (Lipinski definition) is 2. The van der Waals surface area contributed by atoms with Crippen LogP contribution in [0.5, 0.6) is 0 Å². The van der Waals surface area contributed by atoms with Crippen LogP contribution in [0, 0.1) is 5.92 Å². The zero-order chi connectivity index (χ0) is 20.4. The summed E-state index contributed by atoms with van der Waals surface area (Å²) < 4.78 is 0. The van der Waals surface area contributed by atoms with Crippen molar-refractivity contribution in [2.75, 3.05) is 25.5 Å². The molecule has 1 unspecified atom stereocenters. The first kappa shape index (κ1) is 19.9. The van der Waals surface area contributed by atoms with Gasteiger partial charge in [-0.3, -0.25) is 9.78 Å². The maximum absolute atomic E-state index is 12.6. The van der Waals surface area contributed by atoms with E-state index in [1.54, 1.807) is 0 Å². The number of pyridine rings is 1. The van der Waals surface area contributed by atoms with Crippen LogP contribution < -0.4 is 10.6 Å². The normalized spacial score (nSPS) is 20.9. The molecule has 154 valence electrons. The molecule has 1 fully saturated rings. The minimum atomic E-state index is 0.0801. The summed E-state index contributed by atoms with van der Waals surface area (Å²) in [5.74, 6) is 0.384. The molecule has 0 bridgehead atoms. The Morgan fingerprint density at radius 3 is 2.66 bits per heavy atom. The first-order chi connectivity index (χ1) is 13.9. The van der Waals surface area contributed by atoms with Crippen LogP contribution in [-0.2, 0) is 23.2 Å². The number of aromatic nitrogens is 1. The lowest BCUT2D eigenvalue weighted by molar-refractivity contribution is -0.135. The van der Waals surface area contributed by atoms with Gasteiger partial charge in [0, 0.05) is 24.4 Å². The number of benzene rings is 1. The van der Waals surface area contributed by atoms with E-state index in [-0.39, 0.29) is 17.2 Å². The SMILES string of the molecule is CN(Cc1ccc(NC2Cc3ccccc3C2(C)C)cn1)C(=O)C1CCNCC1. The summed E-state index contributed by atoms with van der Waals surface area (Å²) in [5, 5.41) is 7.00. The van der Waals surface area contributed by atoms with E-state index in [0.717, 1.165) is 43.7 Å². The Morgan fingerprint density at radius 1 is 1.21 bits per heavy atom. The first-order valence-electron chi connectivity index (χ1n) is 10.7. The number of hydrogen-bond acceptors (Lipinski definition) is 4. The molecule has 1 amide bonds. The largest absolute Gasteiger partial charge is 0.380 e. The van der Waals surface area contributed by atoms with Gasteiger partial charge in [0.05, 0.1) is 24.1 Å². The van der Waals surface area contributed by atoms with Gasteiger partial charge in [-0.25, -0.2) is 0 Å². The Hall–Kier alpha value is -2.40. The summed E-state index contributed by atoms with van der Waals surface area (Å²) in [6.45, 7) is 7.04. The molecule has 1 atom stereocenters. The number of anilines is 1. The van der Waals surface area contributed by atoms with Crippen LogP contribution in [0.3, 0.4) is 0 Å². The molecule has 29 heavy (non-hydrogen) atoms. The predicted molar refractivity (Wildman–Crippen MR) is 117 cm³/mol. The zero-order valence-corrected chi connectivity index (χ0v) is 17.7. The second-order valence-electron chi connectivity index (χ2n) is 9.04. The maximum Gasteiger partial charge on any atom is 0.225 e. The minimum Gasteiger partial charge on any atom is -0.380 e. The molecule has 5 nitrogen and oxygen atoms in total. The average molecular weight is 393 g/mol. The number of piperidine rings is 1. The van der Waals surface area contributed by atoms with Gasteiger partial charge in [0.1, 0.15) is 0 Å². The van der Waals surface area contributed by atoms with E-state index in [9.17, 15) is 4.79 Å². The molecule has 2 aliphatic rings. The lowest BCUT2D eigenvalue weighted by Crippen LogP contribution is -2.39. The predicted octanol–water partition coefficient (Wildman–Crippen LogP) is 3.35. The average Bonchev–Trinajstić information content (AvgIpc) is 2.99. The number of carbonyl (C=O) groups is 1. The van der Waals surface area contributed by atoms with E-state index in [4.69, 9.17) is 0 Å². The van der Waals surface area contributed by atoms with Crippen LogP contribution in [-0.4, -0.2) is 42.0 Å². The Labute approximate surface area is 173 Å². The molecular formula is C24H32N4O. The highest BCUT2D eigenvalue weighted by Gasteiger charge is 2.39. The molecule has 5 heteroatoms. The fourth-order valence-corrected chi connectivity index (χ4v) is 4.73. The second-order valence-corrected chi connectivity index (χ2v) is 9.04. The topological polar surface area (TPSA) is 57.3 Å². The van der Waals surface area contributed by atoms with E-state index in [2.05, 4.69) is 59.8 Å². The van der Waals surface area contributed by atoms with Gasteiger partial charge in [0.15, 0.2) is 0 Å². The third-order valence-electron chi connectivity index (χ3n) is 6.64. The van der Waals surface area contributed by atoms with E-state index < -0.39 is 0 Å². The molecular weight excluding hydrogens is 360 g/mol. The third kappa shape index (κ3) is 4.15. The number of nitrogens with one attached hydrogen (secondary N) is 2. The maximum atomic E-state index is 12.6. The molecule has 1 aliphatic carbocycles. The molecule has 0 spiro atoms. The summed E-state index contributed by atoms with van der Waals surface area (Å²) in [5.41, 5.74) is 4.90. The van der Waals surface area contributed by atoms with Crippen molar-refractivity contribution < 1.29 is 4.79 Å². The van der Waals surface area contributed by atoms with Gasteiger partial charge in [-0.05, 0) is 55.6 Å². The van der Waals surface area contributed by atoms with Gasteiger partial charge >= 0.3 is 0 Å². The number of nitrogens with zero attached hydrogens (tertiary/aromatic N) is 2. The van der Waals surface area contributed by atoms with Crippen LogP contribution in [0.1, 0.15) is 43.5 Å². The molecule has 0 saturated carbocycles. The van der Waals surface area contributed by atoms with Crippen LogP contribution >= 0.6 is 0 Å². The highest BCUT2D eigenvalue weighted by Crippen LogP contribution is 2.39. The number of fused-ring (bicyclic) bond motifs is 1. The van der Waals surface area contributed by atoms with Crippen molar-refractivity contribution in [3.63, 3.8) is 0 Å². The van der Waals surface area contributed by atoms with Crippen molar-refractivity contribution in [2.24, 2.45) is 5.92 Å².